The summed E-state index contributed by atoms with van der Waals surface area (Å²) in [5.41, 5.74) is 3.18. The summed E-state index contributed by atoms with van der Waals surface area (Å²) in [5, 5.41) is 5.83. The lowest BCUT2D eigenvalue weighted by Gasteiger charge is -2.19. The van der Waals surface area contributed by atoms with Gasteiger partial charge in [0.2, 0.25) is 5.91 Å². The molecular weight excluding hydrogens is 328 g/mol. The van der Waals surface area contributed by atoms with E-state index in [9.17, 15) is 9.59 Å². The quantitative estimate of drug-likeness (QED) is 0.867. The number of anilines is 2. The van der Waals surface area contributed by atoms with Crippen LogP contribution in [0.1, 0.15) is 35.8 Å². The van der Waals surface area contributed by atoms with Crippen molar-refractivity contribution in [2.45, 2.75) is 38.8 Å². The van der Waals surface area contributed by atoms with Crippen molar-refractivity contribution >= 4 is 23.2 Å². The van der Waals surface area contributed by atoms with Gasteiger partial charge in [-0.05, 0) is 64.5 Å². The third-order valence-electron chi connectivity index (χ3n) is 4.93. The molecule has 138 valence electrons. The number of nitrogens with zero attached hydrogens (tertiary/aromatic N) is 2. The van der Waals surface area contributed by atoms with Crippen molar-refractivity contribution in [1.29, 1.82) is 0 Å². The molecule has 6 heteroatoms. The average molecular weight is 354 g/mol. The highest BCUT2D eigenvalue weighted by Gasteiger charge is 2.19. The Morgan fingerprint density at radius 1 is 1.12 bits per heavy atom. The molecule has 0 unspecified atom stereocenters. The van der Waals surface area contributed by atoms with Crippen molar-refractivity contribution in [3.05, 3.63) is 47.8 Å². The minimum Gasteiger partial charge on any atom is -0.351 e. The number of hydrogen-bond donors (Lipinski definition) is 2. The van der Waals surface area contributed by atoms with Gasteiger partial charge in [0.05, 0.1) is 11.6 Å². The van der Waals surface area contributed by atoms with Gasteiger partial charge in [-0.2, -0.15) is 0 Å². The van der Waals surface area contributed by atoms with Crippen LogP contribution in [0.5, 0.6) is 0 Å². The van der Waals surface area contributed by atoms with Crippen LogP contribution in [0.25, 0.3) is 0 Å². The molecular formula is C20H26N4O2. The van der Waals surface area contributed by atoms with Crippen LogP contribution in [0.3, 0.4) is 0 Å². The molecule has 1 atom stereocenters. The van der Waals surface area contributed by atoms with Gasteiger partial charge in [0, 0.05) is 29.8 Å². The summed E-state index contributed by atoms with van der Waals surface area (Å²) >= 11 is 0. The van der Waals surface area contributed by atoms with Crippen molar-refractivity contribution in [3.8, 4) is 0 Å². The summed E-state index contributed by atoms with van der Waals surface area (Å²) in [5.74, 6) is -0.189. The first-order valence-corrected chi connectivity index (χ1v) is 9.02. The number of aromatic nitrogens is 1. The lowest BCUT2D eigenvalue weighted by atomic mass is 10.1. The number of nitrogens with one attached hydrogen (secondary N) is 2. The zero-order valence-electron chi connectivity index (χ0n) is 15.6. The van der Waals surface area contributed by atoms with E-state index in [0.717, 1.165) is 37.1 Å². The lowest BCUT2D eigenvalue weighted by molar-refractivity contribution is -0.119. The van der Waals surface area contributed by atoms with Crippen LogP contribution >= 0.6 is 0 Å². The molecule has 0 saturated heterocycles. The Balaban J connectivity index is 1.70. The van der Waals surface area contributed by atoms with E-state index in [-0.39, 0.29) is 17.9 Å². The van der Waals surface area contributed by atoms with Crippen LogP contribution < -0.4 is 10.6 Å². The van der Waals surface area contributed by atoms with Gasteiger partial charge in [-0.3, -0.25) is 14.5 Å². The van der Waals surface area contributed by atoms with Crippen molar-refractivity contribution < 1.29 is 9.59 Å². The number of hydrogen-bond acceptors (Lipinski definition) is 3. The van der Waals surface area contributed by atoms with E-state index in [4.69, 9.17) is 0 Å². The second-order valence-corrected chi connectivity index (χ2v) is 6.99. The summed E-state index contributed by atoms with van der Waals surface area (Å²) in [6.07, 6.45) is 5.21. The van der Waals surface area contributed by atoms with Gasteiger partial charge in [-0.1, -0.05) is 6.07 Å². The van der Waals surface area contributed by atoms with Crippen LogP contribution in [0, 0.1) is 0 Å². The van der Waals surface area contributed by atoms with E-state index in [2.05, 4.69) is 15.2 Å². The highest BCUT2D eigenvalue weighted by atomic mass is 16.2. The van der Waals surface area contributed by atoms with E-state index in [1.807, 2.05) is 56.4 Å². The third kappa shape index (κ3) is 3.96. The summed E-state index contributed by atoms with van der Waals surface area (Å²) < 4.78 is 2.16. The van der Waals surface area contributed by atoms with Crippen molar-refractivity contribution in [2.24, 2.45) is 0 Å². The summed E-state index contributed by atoms with van der Waals surface area (Å²) in [4.78, 5) is 26.7. The smallest absolute Gasteiger partial charge is 0.257 e. The molecule has 26 heavy (non-hydrogen) atoms. The highest BCUT2D eigenvalue weighted by molar-refractivity contribution is 6.05. The number of aryl methyl sites for hydroxylation is 1. The lowest BCUT2D eigenvalue weighted by Crippen LogP contribution is -2.37. The van der Waals surface area contributed by atoms with E-state index < -0.39 is 0 Å². The molecule has 6 nitrogen and oxygen atoms in total. The Morgan fingerprint density at radius 3 is 2.58 bits per heavy atom. The Hall–Kier alpha value is -2.60. The van der Waals surface area contributed by atoms with E-state index >= 15 is 0 Å². The zero-order chi connectivity index (χ0) is 18.7. The van der Waals surface area contributed by atoms with Gasteiger partial charge in [-0.25, -0.2) is 0 Å². The number of carbonyl (C=O) groups excluding carboxylic acids is 2. The molecule has 1 aromatic heterocycles. The standard InChI is InChI=1S/C20H26N4O2/c1-14(23(2)3)19(25)21-15-7-6-8-16(13-15)22-20(26)17-10-12-24-11-5-4-9-18(17)24/h6-8,10,12-14H,4-5,9,11H2,1-3H3,(H,21,25)(H,22,26)/t14-/m1/s1. The largest absolute Gasteiger partial charge is 0.351 e. The molecule has 3 rings (SSSR count). The number of rotatable bonds is 5. The maximum absolute atomic E-state index is 12.7. The Kier molecular flexibility index (Phi) is 5.42. The van der Waals surface area contributed by atoms with Gasteiger partial charge in [0.15, 0.2) is 0 Å². The molecule has 2 amide bonds. The maximum Gasteiger partial charge on any atom is 0.257 e. The zero-order valence-corrected chi connectivity index (χ0v) is 15.6. The van der Waals surface area contributed by atoms with E-state index in [0.29, 0.717) is 11.4 Å². The SMILES string of the molecule is C[C@H](C(=O)Nc1cccc(NC(=O)c2ccn3c2CCCC3)c1)N(C)C. The maximum atomic E-state index is 12.7. The second-order valence-electron chi connectivity index (χ2n) is 6.99. The van der Waals surface area contributed by atoms with E-state index in [1.54, 1.807) is 6.07 Å². The molecule has 0 saturated carbocycles. The molecule has 2 aromatic rings. The van der Waals surface area contributed by atoms with Gasteiger partial charge in [0.25, 0.3) is 5.91 Å². The average Bonchev–Trinajstić information content (AvgIpc) is 3.05. The highest BCUT2D eigenvalue weighted by Crippen LogP contribution is 2.22. The summed E-state index contributed by atoms with van der Waals surface area (Å²) in [6.45, 7) is 2.82. The van der Waals surface area contributed by atoms with Crippen LogP contribution in [0.4, 0.5) is 11.4 Å². The molecule has 1 aliphatic rings. The minimum absolute atomic E-state index is 0.0834. The molecule has 1 aromatic carbocycles. The Labute approximate surface area is 154 Å². The van der Waals surface area contributed by atoms with Gasteiger partial charge in [0.1, 0.15) is 0 Å². The fourth-order valence-electron chi connectivity index (χ4n) is 3.13. The number of fused-ring (bicyclic) bond motifs is 1. The molecule has 2 heterocycles. The molecule has 0 spiro atoms. The monoisotopic (exact) mass is 354 g/mol. The summed E-state index contributed by atoms with van der Waals surface area (Å²) in [7, 11) is 3.72. The predicted molar refractivity (Wildman–Crippen MR) is 104 cm³/mol. The first-order valence-electron chi connectivity index (χ1n) is 9.02. The first kappa shape index (κ1) is 18.2. The molecule has 2 N–H and O–H groups in total. The number of carbonyl (C=O) groups is 2. The third-order valence-corrected chi connectivity index (χ3v) is 4.93. The first-order chi connectivity index (χ1) is 12.5. The van der Waals surface area contributed by atoms with Crippen LogP contribution in [0.2, 0.25) is 0 Å². The fourth-order valence-corrected chi connectivity index (χ4v) is 3.13. The molecule has 0 aliphatic carbocycles. The predicted octanol–water partition coefficient (Wildman–Crippen LogP) is 2.97. The number of likely N-dealkylation sites (N-methyl/N-ethyl adjacent to an activating group) is 1. The topological polar surface area (TPSA) is 66.4 Å². The van der Waals surface area contributed by atoms with Gasteiger partial charge >= 0.3 is 0 Å². The van der Waals surface area contributed by atoms with E-state index in [1.165, 1.54) is 0 Å². The van der Waals surface area contributed by atoms with Crippen molar-refractivity contribution in [3.63, 3.8) is 0 Å². The molecule has 0 radical (unpaired) electrons. The molecule has 0 bridgehead atoms. The fraction of sp³-hybridized carbons (Fsp3) is 0.400. The normalized spacial score (nSPS) is 14.6. The second kappa shape index (κ2) is 7.74. The number of benzene rings is 1. The Bertz CT molecular complexity index is 810. The van der Waals surface area contributed by atoms with Gasteiger partial charge in [-0.15, -0.1) is 0 Å². The van der Waals surface area contributed by atoms with Crippen LogP contribution in [-0.2, 0) is 17.8 Å². The number of amides is 2. The summed E-state index contributed by atoms with van der Waals surface area (Å²) in [6, 6.07) is 8.89. The molecule has 0 fully saturated rings. The molecule has 1 aliphatic heterocycles. The van der Waals surface area contributed by atoms with Crippen LogP contribution in [0.15, 0.2) is 36.5 Å². The Morgan fingerprint density at radius 2 is 1.85 bits per heavy atom. The van der Waals surface area contributed by atoms with Crippen molar-refractivity contribution in [2.75, 3.05) is 24.7 Å². The van der Waals surface area contributed by atoms with Crippen LogP contribution in [-0.4, -0.2) is 41.4 Å². The minimum atomic E-state index is -0.235. The van der Waals surface area contributed by atoms with Gasteiger partial charge < -0.3 is 15.2 Å². The van der Waals surface area contributed by atoms with Crippen molar-refractivity contribution in [1.82, 2.24) is 9.47 Å².